The third-order valence-electron chi connectivity index (χ3n) is 4.21. The normalized spacial score (nSPS) is 12.0. The lowest BCUT2D eigenvalue weighted by atomic mass is 10.1. The number of nitrogens with two attached hydrogens (primary N) is 1. The van der Waals surface area contributed by atoms with Crippen LogP contribution in [0.5, 0.6) is 0 Å². The molecule has 0 amide bonds. The summed E-state index contributed by atoms with van der Waals surface area (Å²) >= 11 is 0. The molecule has 4 rings (SSSR count). The summed E-state index contributed by atoms with van der Waals surface area (Å²) in [6.07, 6.45) is -2.68. The minimum Gasteiger partial charge on any atom is -0.366 e. The number of alkyl halides is 3. The van der Waals surface area contributed by atoms with Crippen LogP contribution in [0.2, 0.25) is 0 Å². The van der Waals surface area contributed by atoms with E-state index < -0.39 is 11.7 Å². The molecular formula is C19H16F3N5. The average molecular weight is 371 g/mol. The lowest BCUT2D eigenvalue weighted by molar-refractivity contribution is -0.137. The lowest BCUT2D eigenvalue weighted by Gasteiger charge is -2.08. The third kappa shape index (κ3) is 3.19. The molecule has 0 unspecified atom stereocenters. The number of nitrogens with zero attached hydrogens (tertiary/aromatic N) is 3. The molecule has 27 heavy (non-hydrogen) atoms. The molecule has 0 spiro atoms. The summed E-state index contributed by atoms with van der Waals surface area (Å²) in [6, 6.07) is 12.6. The van der Waals surface area contributed by atoms with Crippen LogP contribution in [-0.4, -0.2) is 27.5 Å². The lowest BCUT2D eigenvalue weighted by Crippen LogP contribution is -2.14. The first kappa shape index (κ1) is 17.3. The third-order valence-corrected chi connectivity index (χ3v) is 4.21. The smallest absolute Gasteiger partial charge is 0.366 e. The number of hydrogen-bond donors (Lipinski definition) is 2. The molecule has 5 nitrogen and oxygen atoms in total. The van der Waals surface area contributed by atoms with Gasteiger partial charge in [-0.15, -0.1) is 0 Å². The number of anilines is 1. The first-order chi connectivity index (χ1) is 13.0. The predicted molar refractivity (Wildman–Crippen MR) is 98.5 cm³/mol. The summed E-state index contributed by atoms with van der Waals surface area (Å²) in [4.78, 5) is 9.11. The summed E-state index contributed by atoms with van der Waals surface area (Å²) in [6.45, 7) is 0.925. The fourth-order valence-electron chi connectivity index (χ4n) is 2.97. The van der Waals surface area contributed by atoms with E-state index in [4.69, 9.17) is 5.73 Å². The van der Waals surface area contributed by atoms with Gasteiger partial charge in [-0.05, 0) is 24.3 Å². The summed E-state index contributed by atoms with van der Waals surface area (Å²) in [5.74, 6) is 0.539. The van der Waals surface area contributed by atoms with Gasteiger partial charge in [0.15, 0.2) is 11.5 Å². The SMILES string of the molecule is NCCNc1nc2ccccc2n2cc(-c3cccc(C(F)(F)F)c3)nc12. The highest BCUT2D eigenvalue weighted by Crippen LogP contribution is 2.33. The zero-order chi connectivity index (χ0) is 19.0. The van der Waals surface area contributed by atoms with E-state index in [0.29, 0.717) is 35.8 Å². The van der Waals surface area contributed by atoms with Crippen LogP contribution in [0.15, 0.2) is 54.7 Å². The molecule has 2 aromatic heterocycles. The van der Waals surface area contributed by atoms with Crippen LogP contribution < -0.4 is 11.1 Å². The highest BCUT2D eigenvalue weighted by molar-refractivity contribution is 5.84. The van der Waals surface area contributed by atoms with E-state index in [9.17, 15) is 13.2 Å². The largest absolute Gasteiger partial charge is 0.416 e. The molecule has 0 saturated carbocycles. The Labute approximate surface area is 152 Å². The van der Waals surface area contributed by atoms with Gasteiger partial charge in [-0.25, -0.2) is 9.97 Å². The average Bonchev–Trinajstić information content (AvgIpc) is 3.11. The molecule has 0 aliphatic rings. The second kappa shape index (κ2) is 6.55. The van der Waals surface area contributed by atoms with E-state index in [0.717, 1.165) is 23.2 Å². The number of rotatable bonds is 4. The van der Waals surface area contributed by atoms with Crippen molar-refractivity contribution in [1.29, 1.82) is 0 Å². The Balaban J connectivity index is 1.92. The number of para-hydroxylation sites is 2. The standard InChI is InChI=1S/C19H16F3N5/c20-19(21,22)13-5-3-4-12(10-13)15-11-27-16-7-2-1-6-14(16)25-17(18(27)26-15)24-9-8-23/h1-7,10-11H,8-9,23H2,(H,24,25). The van der Waals surface area contributed by atoms with Gasteiger partial charge < -0.3 is 11.1 Å². The van der Waals surface area contributed by atoms with E-state index in [1.165, 1.54) is 6.07 Å². The minimum absolute atomic E-state index is 0.391. The first-order valence-electron chi connectivity index (χ1n) is 8.37. The molecule has 3 N–H and O–H groups in total. The quantitative estimate of drug-likeness (QED) is 0.570. The fourth-order valence-corrected chi connectivity index (χ4v) is 2.97. The molecule has 0 aliphatic heterocycles. The van der Waals surface area contributed by atoms with Crippen molar-refractivity contribution in [3.05, 3.63) is 60.3 Å². The van der Waals surface area contributed by atoms with Crippen LogP contribution in [0.1, 0.15) is 5.56 Å². The maximum absolute atomic E-state index is 13.0. The molecule has 0 fully saturated rings. The predicted octanol–water partition coefficient (Wildman–Crippen LogP) is 3.94. The fraction of sp³-hybridized carbons (Fsp3) is 0.158. The van der Waals surface area contributed by atoms with Gasteiger partial charge in [-0.1, -0.05) is 24.3 Å². The molecule has 0 radical (unpaired) electrons. The Morgan fingerprint density at radius 2 is 1.85 bits per heavy atom. The van der Waals surface area contributed by atoms with Gasteiger partial charge in [0.25, 0.3) is 0 Å². The molecular weight excluding hydrogens is 355 g/mol. The van der Waals surface area contributed by atoms with E-state index >= 15 is 0 Å². The molecule has 0 bridgehead atoms. The van der Waals surface area contributed by atoms with Crippen molar-refractivity contribution in [1.82, 2.24) is 14.4 Å². The van der Waals surface area contributed by atoms with Crippen molar-refractivity contribution in [2.45, 2.75) is 6.18 Å². The molecule has 4 aromatic rings. The second-order valence-electron chi connectivity index (χ2n) is 6.06. The van der Waals surface area contributed by atoms with E-state index in [-0.39, 0.29) is 0 Å². The maximum atomic E-state index is 13.0. The second-order valence-corrected chi connectivity index (χ2v) is 6.06. The number of aromatic nitrogens is 3. The van der Waals surface area contributed by atoms with E-state index in [2.05, 4.69) is 15.3 Å². The molecule has 0 atom stereocenters. The van der Waals surface area contributed by atoms with Crippen LogP contribution in [0.25, 0.3) is 27.9 Å². The van der Waals surface area contributed by atoms with Gasteiger partial charge in [0, 0.05) is 24.8 Å². The Hall–Kier alpha value is -3.13. The van der Waals surface area contributed by atoms with Gasteiger partial charge in [0.05, 0.1) is 22.3 Å². The number of benzene rings is 2. The Morgan fingerprint density at radius 3 is 2.63 bits per heavy atom. The molecule has 2 aromatic carbocycles. The van der Waals surface area contributed by atoms with Crippen molar-refractivity contribution in [3.8, 4) is 11.3 Å². The monoisotopic (exact) mass is 371 g/mol. The number of halogens is 3. The minimum atomic E-state index is -4.41. The number of hydrogen-bond acceptors (Lipinski definition) is 4. The van der Waals surface area contributed by atoms with Gasteiger partial charge >= 0.3 is 6.18 Å². The highest BCUT2D eigenvalue weighted by Gasteiger charge is 2.30. The van der Waals surface area contributed by atoms with Crippen LogP contribution >= 0.6 is 0 Å². The Bertz CT molecular complexity index is 1120. The molecule has 8 heteroatoms. The van der Waals surface area contributed by atoms with Crippen LogP contribution in [0.4, 0.5) is 19.0 Å². The maximum Gasteiger partial charge on any atom is 0.416 e. The topological polar surface area (TPSA) is 68.2 Å². The highest BCUT2D eigenvalue weighted by atomic mass is 19.4. The zero-order valence-corrected chi connectivity index (χ0v) is 14.2. The van der Waals surface area contributed by atoms with Crippen molar-refractivity contribution < 1.29 is 13.2 Å². The molecule has 0 saturated heterocycles. The Morgan fingerprint density at radius 1 is 1.04 bits per heavy atom. The van der Waals surface area contributed by atoms with Crippen molar-refractivity contribution >= 4 is 22.5 Å². The van der Waals surface area contributed by atoms with Gasteiger partial charge in [-0.2, -0.15) is 13.2 Å². The summed E-state index contributed by atoms with van der Waals surface area (Å²) < 4.78 is 41.0. The molecule has 2 heterocycles. The zero-order valence-electron chi connectivity index (χ0n) is 14.2. The number of nitrogens with one attached hydrogen (secondary N) is 1. The summed E-state index contributed by atoms with van der Waals surface area (Å²) in [7, 11) is 0. The molecule has 0 aliphatic carbocycles. The number of imidazole rings is 1. The van der Waals surface area contributed by atoms with Crippen LogP contribution in [0, 0.1) is 0 Å². The van der Waals surface area contributed by atoms with Crippen molar-refractivity contribution in [2.75, 3.05) is 18.4 Å². The van der Waals surface area contributed by atoms with Crippen LogP contribution in [-0.2, 0) is 6.18 Å². The summed E-state index contributed by atoms with van der Waals surface area (Å²) in [5, 5.41) is 3.13. The molecule has 138 valence electrons. The summed E-state index contributed by atoms with van der Waals surface area (Å²) in [5.41, 5.74) is 7.79. The van der Waals surface area contributed by atoms with Crippen molar-refractivity contribution in [2.24, 2.45) is 5.73 Å². The van der Waals surface area contributed by atoms with E-state index in [1.54, 1.807) is 12.3 Å². The van der Waals surface area contributed by atoms with Crippen LogP contribution in [0.3, 0.4) is 0 Å². The van der Waals surface area contributed by atoms with Crippen molar-refractivity contribution in [3.63, 3.8) is 0 Å². The van der Waals surface area contributed by atoms with Gasteiger partial charge in [-0.3, -0.25) is 4.40 Å². The first-order valence-corrected chi connectivity index (χ1v) is 8.37. The number of fused-ring (bicyclic) bond motifs is 3. The van der Waals surface area contributed by atoms with Gasteiger partial charge in [0.2, 0.25) is 0 Å². The van der Waals surface area contributed by atoms with Gasteiger partial charge in [0.1, 0.15) is 0 Å². The Kier molecular flexibility index (Phi) is 4.19. The van der Waals surface area contributed by atoms with E-state index in [1.807, 2.05) is 28.7 Å².